The van der Waals surface area contributed by atoms with Crippen LogP contribution in [0.4, 0.5) is 0 Å². The Labute approximate surface area is 87.4 Å². The molecule has 0 aromatic heterocycles. The highest BCUT2D eigenvalue weighted by Gasteiger charge is 2.04. The monoisotopic (exact) mass is 216 g/mol. The lowest BCUT2D eigenvalue weighted by molar-refractivity contribution is 0.487. The molecule has 0 radical (unpaired) electrons. The first kappa shape index (κ1) is 10.9. The highest BCUT2D eigenvalue weighted by molar-refractivity contribution is 7.95. The Morgan fingerprint density at radius 1 is 1.00 bits per heavy atom. The lowest BCUT2D eigenvalue weighted by atomic mass is 10.2. The molecule has 1 rings (SSSR count). The van der Waals surface area contributed by atoms with Crippen molar-refractivity contribution in [3.8, 4) is 0 Å². The minimum absolute atomic E-state index is 1.13. The molecule has 0 spiro atoms. The molecule has 0 atom stereocenters. The lowest BCUT2D eigenvalue weighted by Crippen LogP contribution is -1.84. The Balaban J connectivity index is 2.89. The standard InChI is InChI=1S/C9H12O2S2/c1-7-8(12-10-2)5-4-6-9(7)13-11-3/h4-6H,1-3H3. The van der Waals surface area contributed by atoms with Crippen LogP contribution in [0, 0.1) is 6.92 Å². The fraction of sp³-hybridized carbons (Fsp3) is 0.333. The zero-order valence-corrected chi connectivity index (χ0v) is 9.50. The van der Waals surface area contributed by atoms with Crippen molar-refractivity contribution in [2.45, 2.75) is 16.7 Å². The van der Waals surface area contributed by atoms with Gasteiger partial charge in [-0.25, -0.2) is 0 Å². The Hall–Kier alpha value is -0.160. The van der Waals surface area contributed by atoms with E-state index in [9.17, 15) is 0 Å². The molecule has 1 aromatic rings. The average Bonchev–Trinajstić information content (AvgIpc) is 2.13. The normalized spacial score (nSPS) is 10.4. The van der Waals surface area contributed by atoms with Crippen molar-refractivity contribution < 1.29 is 8.37 Å². The molecular weight excluding hydrogens is 204 g/mol. The summed E-state index contributed by atoms with van der Waals surface area (Å²) in [5.41, 5.74) is 1.20. The van der Waals surface area contributed by atoms with Gasteiger partial charge in [-0.2, -0.15) is 0 Å². The van der Waals surface area contributed by atoms with Gasteiger partial charge < -0.3 is 8.37 Å². The van der Waals surface area contributed by atoms with Crippen molar-refractivity contribution in [2.24, 2.45) is 0 Å². The third-order valence-electron chi connectivity index (χ3n) is 1.58. The Kier molecular flexibility index (Phi) is 4.66. The Morgan fingerprint density at radius 3 is 1.85 bits per heavy atom. The quantitative estimate of drug-likeness (QED) is 0.718. The maximum absolute atomic E-state index is 5.01. The second-order valence-electron chi connectivity index (χ2n) is 2.38. The molecule has 0 bridgehead atoms. The molecule has 0 heterocycles. The number of benzene rings is 1. The van der Waals surface area contributed by atoms with Crippen LogP contribution >= 0.6 is 24.1 Å². The highest BCUT2D eigenvalue weighted by Crippen LogP contribution is 2.30. The van der Waals surface area contributed by atoms with E-state index in [2.05, 4.69) is 6.92 Å². The summed E-state index contributed by atoms with van der Waals surface area (Å²) in [6.07, 6.45) is 0. The van der Waals surface area contributed by atoms with E-state index in [1.54, 1.807) is 14.2 Å². The van der Waals surface area contributed by atoms with Crippen molar-refractivity contribution >= 4 is 24.1 Å². The van der Waals surface area contributed by atoms with E-state index in [0.29, 0.717) is 0 Å². The van der Waals surface area contributed by atoms with Crippen LogP contribution in [0.2, 0.25) is 0 Å². The van der Waals surface area contributed by atoms with Gasteiger partial charge >= 0.3 is 0 Å². The van der Waals surface area contributed by atoms with E-state index < -0.39 is 0 Å². The highest BCUT2D eigenvalue weighted by atomic mass is 32.2. The summed E-state index contributed by atoms with van der Waals surface area (Å²) in [5, 5.41) is 0. The van der Waals surface area contributed by atoms with Gasteiger partial charge in [-0.05, 0) is 24.6 Å². The smallest absolute Gasteiger partial charge is 0.0508 e. The van der Waals surface area contributed by atoms with Crippen LogP contribution in [0.15, 0.2) is 28.0 Å². The van der Waals surface area contributed by atoms with Gasteiger partial charge in [-0.15, -0.1) is 0 Å². The van der Waals surface area contributed by atoms with Crippen LogP contribution in [-0.4, -0.2) is 14.2 Å². The SMILES string of the molecule is COSc1cccc(SOC)c1C. The number of rotatable bonds is 4. The molecule has 1 aromatic carbocycles. The summed E-state index contributed by atoms with van der Waals surface area (Å²) < 4.78 is 10.0. The fourth-order valence-electron chi connectivity index (χ4n) is 0.954. The second kappa shape index (κ2) is 5.54. The van der Waals surface area contributed by atoms with Gasteiger partial charge in [0, 0.05) is 33.9 Å². The van der Waals surface area contributed by atoms with Gasteiger partial charge in [-0.3, -0.25) is 0 Å². The summed E-state index contributed by atoms with van der Waals surface area (Å²) in [6.45, 7) is 2.06. The van der Waals surface area contributed by atoms with Gasteiger partial charge in [0.05, 0.1) is 14.2 Å². The van der Waals surface area contributed by atoms with E-state index in [1.807, 2.05) is 18.2 Å². The van der Waals surface area contributed by atoms with Gasteiger partial charge in [0.25, 0.3) is 0 Å². The first-order valence-corrected chi connectivity index (χ1v) is 5.29. The number of hydrogen-bond acceptors (Lipinski definition) is 4. The third kappa shape index (κ3) is 2.91. The molecule has 0 aliphatic heterocycles. The molecule has 2 nitrogen and oxygen atoms in total. The minimum Gasteiger partial charge on any atom is -0.314 e. The van der Waals surface area contributed by atoms with Crippen LogP contribution in [0.25, 0.3) is 0 Å². The molecule has 13 heavy (non-hydrogen) atoms. The van der Waals surface area contributed by atoms with Crippen molar-refractivity contribution in [1.29, 1.82) is 0 Å². The number of hydrogen-bond donors (Lipinski definition) is 0. The van der Waals surface area contributed by atoms with Gasteiger partial charge in [-0.1, -0.05) is 6.07 Å². The maximum Gasteiger partial charge on any atom is 0.0508 e. The van der Waals surface area contributed by atoms with Crippen molar-refractivity contribution in [3.05, 3.63) is 23.8 Å². The molecular formula is C9H12O2S2. The molecule has 0 aliphatic carbocycles. The van der Waals surface area contributed by atoms with Gasteiger partial charge in [0.15, 0.2) is 0 Å². The van der Waals surface area contributed by atoms with Crippen molar-refractivity contribution in [1.82, 2.24) is 0 Å². The predicted molar refractivity (Wildman–Crippen MR) is 56.9 cm³/mol. The Morgan fingerprint density at radius 2 is 1.46 bits per heavy atom. The third-order valence-corrected chi connectivity index (χ3v) is 3.16. The molecule has 0 saturated heterocycles. The molecule has 0 amide bonds. The summed E-state index contributed by atoms with van der Waals surface area (Å²) in [7, 11) is 3.33. The minimum atomic E-state index is 1.13. The van der Waals surface area contributed by atoms with Gasteiger partial charge in [0.1, 0.15) is 0 Å². The van der Waals surface area contributed by atoms with Gasteiger partial charge in [0.2, 0.25) is 0 Å². The van der Waals surface area contributed by atoms with E-state index in [0.717, 1.165) is 9.79 Å². The first-order valence-electron chi connectivity index (χ1n) is 3.80. The summed E-state index contributed by atoms with van der Waals surface area (Å²) in [6, 6.07) is 6.06. The molecule has 0 saturated carbocycles. The van der Waals surface area contributed by atoms with E-state index in [-0.39, 0.29) is 0 Å². The van der Waals surface area contributed by atoms with E-state index >= 15 is 0 Å². The molecule has 72 valence electrons. The summed E-state index contributed by atoms with van der Waals surface area (Å²) in [5.74, 6) is 0. The average molecular weight is 216 g/mol. The van der Waals surface area contributed by atoms with Crippen LogP contribution in [0.3, 0.4) is 0 Å². The molecule has 4 heteroatoms. The fourth-order valence-corrected chi connectivity index (χ4v) is 2.12. The van der Waals surface area contributed by atoms with E-state index in [4.69, 9.17) is 8.37 Å². The van der Waals surface area contributed by atoms with E-state index in [1.165, 1.54) is 29.6 Å². The first-order chi connectivity index (χ1) is 6.29. The molecule has 0 N–H and O–H groups in total. The Bertz CT molecular complexity index is 252. The van der Waals surface area contributed by atoms with Crippen molar-refractivity contribution in [2.75, 3.05) is 14.2 Å². The largest absolute Gasteiger partial charge is 0.314 e. The predicted octanol–water partition coefficient (Wildman–Crippen LogP) is 3.30. The summed E-state index contributed by atoms with van der Waals surface area (Å²) >= 11 is 2.75. The summed E-state index contributed by atoms with van der Waals surface area (Å²) in [4.78, 5) is 2.26. The van der Waals surface area contributed by atoms with Crippen molar-refractivity contribution in [3.63, 3.8) is 0 Å². The van der Waals surface area contributed by atoms with Crippen LogP contribution in [-0.2, 0) is 8.37 Å². The second-order valence-corrected chi connectivity index (χ2v) is 4.26. The van der Waals surface area contributed by atoms with Crippen LogP contribution in [0.5, 0.6) is 0 Å². The maximum atomic E-state index is 5.01. The molecule has 0 aliphatic rings. The zero-order chi connectivity index (χ0) is 9.68. The lowest BCUT2D eigenvalue weighted by Gasteiger charge is -2.07. The van der Waals surface area contributed by atoms with Crippen LogP contribution in [0.1, 0.15) is 5.56 Å². The zero-order valence-electron chi connectivity index (χ0n) is 7.87. The molecule has 0 unspecified atom stereocenters. The molecule has 0 fully saturated rings. The topological polar surface area (TPSA) is 18.5 Å². The van der Waals surface area contributed by atoms with Crippen LogP contribution < -0.4 is 0 Å².